The van der Waals surface area contributed by atoms with Gasteiger partial charge in [-0.2, -0.15) is 5.26 Å². The molecule has 1 aliphatic carbocycles. The molecule has 0 unspecified atom stereocenters. The van der Waals surface area contributed by atoms with Gasteiger partial charge in [0.2, 0.25) is 0 Å². The summed E-state index contributed by atoms with van der Waals surface area (Å²) in [4.78, 5) is 4.42. The van der Waals surface area contributed by atoms with E-state index < -0.39 is 0 Å². The van der Waals surface area contributed by atoms with Crippen molar-refractivity contribution in [2.24, 2.45) is 5.41 Å². The van der Waals surface area contributed by atoms with Crippen LogP contribution in [-0.2, 0) is 19.3 Å². The van der Waals surface area contributed by atoms with Crippen LogP contribution in [0.4, 0.5) is 0 Å². The normalized spacial score (nSPS) is 17.6. The Hall–Kier alpha value is -1.36. The average Bonchev–Trinajstić information content (AvgIpc) is 2.26. The Labute approximate surface area is 97.3 Å². The minimum atomic E-state index is 0.354. The highest BCUT2D eigenvalue weighted by atomic mass is 14.7. The third-order valence-corrected chi connectivity index (χ3v) is 3.55. The van der Waals surface area contributed by atoms with E-state index in [2.05, 4.69) is 31.8 Å². The average molecular weight is 214 g/mol. The van der Waals surface area contributed by atoms with E-state index in [1.54, 1.807) is 6.20 Å². The molecule has 2 nitrogen and oxygen atoms in total. The first-order chi connectivity index (χ1) is 7.57. The molecule has 0 bridgehead atoms. The molecule has 0 saturated carbocycles. The number of nitriles is 1. The van der Waals surface area contributed by atoms with Crippen LogP contribution in [0.5, 0.6) is 0 Å². The van der Waals surface area contributed by atoms with Crippen molar-refractivity contribution >= 4 is 0 Å². The summed E-state index contributed by atoms with van der Waals surface area (Å²) in [6.07, 6.45) is 5.97. The first-order valence-electron chi connectivity index (χ1n) is 5.97. The zero-order valence-electron chi connectivity index (χ0n) is 10.3. The second-order valence-corrected chi connectivity index (χ2v) is 5.38. The van der Waals surface area contributed by atoms with E-state index in [4.69, 9.17) is 5.26 Å². The molecule has 0 radical (unpaired) electrons. The molecule has 0 N–H and O–H groups in total. The maximum absolute atomic E-state index is 9.10. The number of nitrogens with zero attached hydrogens (tertiary/aromatic N) is 2. The first-order valence-corrected chi connectivity index (χ1v) is 5.97. The van der Waals surface area contributed by atoms with E-state index in [0.29, 0.717) is 5.41 Å². The number of aromatic nitrogens is 1. The monoisotopic (exact) mass is 214 g/mol. The van der Waals surface area contributed by atoms with Gasteiger partial charge in [-0.25, -0.2) is 0 Å². The summed E-state index contributed by atoms with van der Waals surface area (Å²) in [7, 11) is 0. The second kappa shape index (κ2) is 3.90. The Bertz CT molecular complexity index is 453. The van der Waals surface area contributed by atoms with Crippen LogP contribution in [0, 0.1) is 16.7 Å². The number of rotatable bonds is 1. The van der Waals surface area contributed by atoms with Gasteiger partial charge in [0.1, 0.15) is 6.07 Å². The number of hydrogen-bond acceptors (Lipinski definition) is 2. The van der Waals surface area contributed by atoms with Crippen LogP contribution in [0.2, 0.25) is 0 Å². The van der Waals surface area contributed by atoms with Crippen LogP contribution in [0.3, 0.4) is 0 Å². The van der Waals surface area contributed by atoms with E-state index >= 15 is 0 Å². The number of pyridine rings is 1. The molecule has 1 aliphatic rings. The van der Waals surface area contributed by atoms with E-state index in [-0.39, 0.29) is 0 Å². The summed E-state index contributed by atoms with van der Waals surface area (Å²) in [5.41, 5.74) is 4.92. The molecule has 0 fully saturated rings. The van der Waals surface area contributed by atoms with E-state index in [1.165, 1.54) is 23.2 Å². The van der Waals surface area contributed by atoms with Crippen LogP contribution >= 0.6 is 0 Å². The standard InChI is InChI=1S/C14H18N2/c1-4-13-12-7-14(2,3)6-5-11(12)10(8-15)9-16-13/h9H,4-7H2,1-3H3. The van der Waals surface area contributed by atoms with Crippen molar-refractivity contribution < 1.29 is 0 Å². The van der Waals surface area contributed by atoms with Crippen LogP contribution in [0.25, 0.3) is 0 Å². The van der Waals surface area contributed by atoms with Gasteiger partial charge in [-0.1, -0.05) is 20.8 Å². The Morgan fingerprint density at radius 2 is 2.19 bits per heavy atom. The molecule has 2 rings (SSSR count). The van der Waals surface area contributed by atoms with E-state index in [0.717, 1.165) is 24.8 Å². The molecule has 0 aliphatic heterocycles. The van der Waals surface area contributed by atoms with Crippen LogP contribution in [0.15, 0.2) is 6.20 Å². The van der Waals surface area contributed by atoms with Crippen molar-refractivity contribution in [3.05, 3.63) is 28.6 Å². The molecule has 2 heteroatoms. The summed E-state index contributed by atoms with van der Waals surface area (Å²) < 4.78 is 0. The lowest BCUT2D eigenvalue weighted by Gasteiger charge is -2.32. The highest BCUT2D eigenvalue weighted by molar-refractivity contribution is 5.45. The number of fused-ring (bicyclic) bond motifs is 1. The minimum absolute atomic E-state index is 0.354. The predicted molar refractivity (Wildman–Crippen MR) is 64.1 cm³/mol. The number of hydrogen-bond donors (Lipinski definition) is 0. The summed E-state index contributed by atoms with van der Waals surface area (Å²) in [6.45, 7) is 6.74. The van der Waals surface area contributed by atoms with Crippen LogP contribution in [0.1, 0.15) is 49.6 Å². The van der Waals surface area contributed by atoms with Crippen LogP contribution < -0.4 is 0 Å². The topological polar surface area (TPSA) is 36.7 Å². The third kappa shape index (κ3) is 1.82. The van der Waals surface area contributed by atoms with Gasteiger partial charge in [0.15, 0.2) is 0 Å². The van der Waals surface area contributed by atoms with Crippen molar-refractivity contribution in [2.75, 3.05) is 0 Å². The molecule has 0 atom stereocenters. The fraction of sp³-hybridized carbons (Fsp3) is 0.571. The van der Waals surface area contributed by atoms with Gasteiger partial charge in [0.25, 0.3) is 0 Å². The number of aryl methyl sites for hydroxylation is 1. The summed E-state index contributed by atoms with van der Waals surface area (Å²) in [5, 5.41) is 9.10. The van der Waals surface area contributed by atoms with Crippen LogP contribution in [-0.4, -0.2) is 4.98 Å². The highest BCUT2D eigenvalue weighted by Gasteiger charge is 2.28. The Kier molecular flexibility index (Phi) is 2.71. The molecule has 0 saturated heterocycles. The zero-order valence-corrected chi connectivity index (χ0v) is 10.3. The van der Waals surface area contributed by atoms with Gasteiger partial charge < -0.3 is 0 Å². The van der Waals surface area contributed by atoms with Gasteiger partial charge in [0, 0.05) is 11.9 Å². The summed E-state index contributed by atoms with van der Waals surface area (Å²) in [5.74, 6) is 0. The third-order valence-electron chi connectivity index (χ3n) is 3.55. The highest BCUT2D eigenvalue weighted by Crippen LogP contribution is 2.37. The van der Waals surface area contributed by atoms with Crippen molar-refractivity contribution in [3.8, 4) is 6.07 Å². The fourth-order valence-corrected chi connectivity index (χ4v) is 2.56. The smallest absolute Gasteiger partial charge is 0.101 e. The lowest BCUT2D eigenvalue weighted by atomic mass is 9.73. The van der Waals surface area contributed by atoms with Gasteiger partial charge in [-0.15, -0.1) is 0 Å². The van der Waals surface area contributed by atoms with Crippen molar-refractivity contribution in [2.45, 2.75) is 46.5 Å². The predicted octanol–water partition coefficient (Wildman–Crippen LogP) is 3.03. The van der Waals surface area contributed by atoms with Crippen molar-refractivity contribution in [1.29, 1.82) is 5.26 Å². The Balaban J connectivity index is 2.56. The van der Waals surface area contributed by atoms with Gasteiger partial charge >= 0.3 is 0 Å². The summed E-state index contributed by atoms with van der Waals surface area (Å²) in [6, 6.07) is 2.27. The second-order valence-electron chi connectivity index (χ2n) is 5.38. The van der Waals surface area contributed by atoms with Gasteiger partial charge in [-0.3, -0.25) is 4.98 Å². The molecule has 0 spiro atoms. The van der Waals surface area contributed by atoms with E-state index in [9.17, 15) is 0 Å². The van der Waals surface area contributed by atoms with Gasteiger partial charge in [-0.05, 0) is 42.2 Å². The minimum Gasteiger partial charge on any atom is -0.260 e. The van der Waals surface area contributed by atoms with E-state index in [1.807, 2.05) is 0 Å². The molecule has 84 valence electrons. The summed E-state index contributed by atoms with van der Waals surface area (Å²) >= 11 is 0. The molecule has 16 heavy (non-hydrogen) atoms. The Morgan fingerprint density at radius 3 is 2.81 bits per heavy atom. The Morgan fingerprint density at radius 1 is 1.44 bits per heavy atom. The molecular formula is C14H18N2. The quantitative estimate of drug-likeness (QED) is 0.720. The molecule has 1 aromatic heterocycles. The maximum atomic E-state index is 9.10. The fourth-order valence-electron chi connectivity index (χ4n) is 2.56. The van der Waals surface area contributed by atoms with Crippen molar-refractivity contribution in [3.63, 3.8) is 0 Å². The molecular weight excluding hydrogens is 196 g/mol. The molecule has 1 aromatic rings. The largest absolute Gasteiger partial charge is 0.260 e. The van der Waals surface area contributed by atoms with Gasteiger partial charge in [0.05, 0.1) is 5.56 Å². The molecule has 0 aromatic carbocycles. The zero-order chi connectivity index (χ0) is 11.8. The molecule has 1 heterocycles. The SMILES string of the molecule is CCc1ncc(C#N)c2c1CC(C)(C)CC2. The molecule has 0 amide bonds. The van der Waals surface area contributed by atoms with Crippen molar-refractivity contribution in [1.82, 2.24) is 4.98 Å². The lowest BCUT2D eigenvalue weighted by molar-refractivity contribution is 0.313. The maximum Gasteiger partial charge on any atom is 0.101 e. The first kappa shape index (κ1) is 11.1. The lowest BCUT2D eigenvalue weighted by Crippen LogP contribution is -2.24.